The third-order valence-corrected chi connectivity index (χ3v) is 3.27. The maximum absolute atomic E-state index is 5.76. The smallest absolute Gasteiger partial charge is 0.127 e. The average Bonchev–Trinajstić information content (AvgIpc) is 3.28. The van der Waals surface area contributed by atoms with Crippen molar-refractivity contribution in [2.45, 2.75) is 38.8 Å². The Morgan fingerprint density at radius 2 is 2.20 bits per heavy atom. The lowest BCUT2D eigenvalue weighted by molar-refractivity contribution is 0.311. The minimum atomic E-state index is 0.469. The van der Waals surface area contributed by atoms with Crippen molar-refractivity contribution >= 4 is 11.6 Å². The van der Waals surface area contributed by atoms with Gasteiger partial charge in [0.2, 0.25) is 0 Å². The van der Waals surface area contributed by atoms with Crippen LogP contribution in [0.3, 0.4) is 0 Å². The molecule has 0 amide bonds. The van der Waals surface area contributed by atoms with E-state index in [4.69, 9.17) is 21.1 Å². The van der Waals surface area contributed by atoms with Gasteiger partial charge in [0.05, 0.1) is 6.61 Å². The first-order valence-electron chi connectivity index (χ1n) is 7.20. The summed E-state index contributed by atoms with van der Waals surface area (Å²) in [6.45, 7) is 4.12. The Bertz CT molecular complexity index is 444. The Balaban J connectivity index is 2.01. The molecule has 1 N–H and O–H groups in total. The Morgan fingerprint density at radius 3 is 2.90 bits per heavy atom. The molecule has 0 saturated heterocycles. The number of halogens is 1. The molecule has 0 spiro atoms. The molecule has 0 unspecified atom stereocenters. The van der Waals surface area contributed by atoms with Crippen LogP contribution in [-0.4, -0.2) is 19.3 Å². The van der Waals surface area contributed by atoms with Crippen LogP contribution in [-0.2, 0) is 6.54 Å². The zero-order valence-electron chi connectivity index (χ0n) is 11.9. The van der Waals surface area contributed by atoms with Gasteiger partial charge in [-0.15, -0.1) is 0 Å². The normalized spacial score (nSPS) is 14.7. The van der Waals surface area contributed by atoms with Gasteiger partial charge < -0.3 is 14.8 Å². The van der Waals surface area contributed by atoms with Crippen molar-refractivity contribution in [2.24, 2.45) is 0 Å². The van der Waals surface area contributed by atoms with Gasteiger partial charge in [-0.25, -0.2) is 0 Å². The van der Waals surface area contributed by atoms with E-state index in [1.54, 1.807) is 6.08 Å². The maximum atomic E-state index is 5.76. The first kappa shape index (κ1) is 15.2. The highest BCUT2D eigenvalue weighted by Crippen LogP contribution is 2.27. The monoisotopic (exact) mass is 295 g/mol. The summed E-state index contributed by atoms with van der Waals surface area (Å²) in [5.74, 6) is 1.72. The second-order valence-corrected chi connectivity index (χ2v) is 5.20. The highest BCUT2D eigenvalue weighted by atomic mass is 35.5. The molecule has 110 valence electrons. The summed E-state index contributed by atoms with van der Waals surface area (Å²) in [5, 5.41) is 3.50. The van der Waals surface area contributed by atoms with Crippen LogP contribution in [0.15, 0.2) is 29.8 Å². The van der Waals surface area contributed by atoms with E-state index in [0.29, 0.717) is 12.6 Å². The van der Waals surface area contributed by atoms with Gasteiger partial charge >= 0.3 is 0 Å². The zero-order chi connectivity index (χ0) is 14.2. The molecule has 0 aliphatic heterocycles. The minimum Gasteiger partial charge on any atom is -0.493 e. The summed E-state index contributed by atoms with van der Waals surface area (Å²) >= 11 is 5.52. The molecule has 0 atom stereocenters. The predicted octanol–water partition coefficient (Wildman–Crippen LogP) is 3.86. The molecule has 1 saturated carbocycles. The first-order chi connectivity index (χ1) is 9.83. The van der Waals surface area contributed by atoms with Crippen LogP contribution >= 0.6 is 11.6 Å². The molecule has 0 heterocycles. The van der Waals surface area contributed by atoms with Crippen molar-refractivity contribution in [1.29, 1.82) is 0 Å². The van der Waals surface area contributed by atoms with Gasteiger partial charge in [-0.1, -0.05) is 24.6 Å². The van der Waals surface area contributed by atoms with Crippen molar-refractivity contribution in [3.8, 4) is 11.5 Å². The van der Waals surface area contributed by atoms with Crippen LogP contribution in [0.25, 0.3) is 0 Å². The second kappa shape index (κ2) is 8.18. The fourth-order valence-corrected chi connectivity index (χ4v) is 1.91. The molecular weight excluding hydrogens is 274 g/mol. The molecule has 2 rings (SSSR count). The molecule has 1 aromatic carbocycles. The van der Waals surface area contributed by atoms with Gasteiger partial charge in [-0.2, -0.15) is 0 Å². The number of hydrogen-bond donors (Lipinski definition) is 1. The van der Waals surface area contributed by atoms with Crippen molar-refractivity contribution in [1.82, 2.24) is 5.32 Å². The Kier molecular flexibility index (Phi) is 6.22. The van der Waals surface area contributed by atoms with E-state index in [0.717, 1.165) is 36.6 Å². The van der Waals surface area contributed by atoms with Crippen LogP contribution in [0.5, 0.6) is 11.5 Å². The van der Waals surface area contributed by atoms with Crippen LogP contribution in [0.1, 0.15) is 31.7 Å². The van der Waals surface area contributed by atoms with Crippen molar-refractivity contribution in [3.05, 3.63) is 35.4 Å². The van der Waals surface area contributed by atoms with Gasteiger partial charge in [-0.05, 0) is 31.4 Å². The lowest BCUT2D eigenvalue weighted by Crippen LogP contribution is -2.16. The summed E-state index contributed by atoms with van der Waals surface area (Å²) in [4.78, 5) is 0. The molecule has 0 bridgehead atoms. The maximum Gasteiger partial charge on any atom is 0.127 e. The molecule has 0 radical (unpaired) electrons. The lowest BCUT2D eigenvalue weighted by Gasteiger charge is -2.13. The van der Waals surface area contributed by atoms with E-state index in [1.165, 1.54) is 18.4 Å². The summed E-state index contributed by atoms with van der Waals surface area (Å²) in [6.07, 6.45) is 5.33. The van der Waals surface area contributed by atoms with Crippen molar-refractivity contribution in [2.75, 3.05) is 13.2 Å². The molecule has 20 heavy (non-hydrogen) atoms. The third kappa shape index (κ3) is 5.06. The molecule has 1 aliphatic rings. The Labute approximate surface area is 125 Å². The minimum absolute atomic E-state index is 0.469. The van der Waals surface area contributed by atoms with E-state index in [2.05, 4.69) is 18.3 Å². The number of benzene rings is 1. The third-order valence-electron chi connectivity index (χ3n) is 3.09. The quantitative estimate of drug-likeness (QED) is 0.750. The first-order valence-corrected chi connectivity index (χ1v) is 7.64. The second-order valence-electron chi connectivity index (χ2n) is 4.95. The van der Waals surface area contributed by atoms with Gasteiger partial charge in [0.15, 0.2) is 0 Å². The molecule has 1 aliphatic carbocycles. The van der Waals surface area contributed by atoms with Gasteiger partial charge in [0.1, 0.15) is 18.1 Å². The molecule has 0 aromatic heterocycles. The highest BCUT2D eigenvalue weighted by Gasteiger charge is 2.20. The summed E-state index contributed by atoms with van der Waals surface area (Å²) in [5.41, 5.74) is 2.63. The number of rotatable bonds is 9. The number of nitrogens with one attached hydrogen (secondary N) is 1. The van der Waals surface area contributed by atoms with Crippen LogP contribution in [0.2, 0.25) is 0 Å². The van der Waals surface area contributed by atoms with E-state index in [-0.39, 0.29) is 0 Å². The fourth-order valence-electron chi connectivity index (χ4n) is 1.84. The summed E-state index contributed by atoms with van der Waals surface area (Å²) < 4.78 is 11.4. The van der Waals surface area contributed by atoms with Gasteiger partial charge in [0, 0.05) is 29.8 Å². The van der Waals surface area contributed by atoms with Crippen LogP contribution in [0, 0.1) is 0 Å². The van der Waals surface area contributed by atoms with E-state index in [1.807, 2.05) is 12.1 Å². The number of ether oxygens (including phenoxy) is 2. The Hall–Kier alpha value is -1.19. The Morgan fingerprint density at radius 1 is 1.35 bits per heavy atom. The lowest BCUT2D eigenvalue weighted by atomic mass is 10.2. The van der Waals surface area contributed by atoms with Crippen LogP contribution in [0.4, 0.5) is 0 Å². The average molecular weight is 296 g/mol. The standard InChI is InChI=1S/C16H22ClNO2/c1-2-9-19-15-7-4-13(12-18-14-5-6-14)16(11-15)20-10-3-8-17/h3-4,7-8,11,14,18H,2,5-6,9-10,12H2,1H3/b8-3+. The largest absolute Gasteiger partial charge is 0.493 e. The molecular formula is C16H22ClNO2. The number of hydrogen-bond acceptors (Lipinski definition) is 3. The topological polar surface area (TPSA) is 30.5 Å². The van der Waals surface area contributed by atoms with Gasteiger partial charge in [-0.3, -0.25) is 0 Å². The SMILES string of the molecule is CCCOc1ccc(CNC2CC2)c(OC/C=C/Cl)c1. The highest BCUT2D eigenvalue weighted by molar-refractivity contribution is 6.25. The summed E-state index contributed by atoms with van der Waals surface area (Å²) in [6, 6.07) is 6.72. The molecule has 3 nitrogen and oxygen atoms in total. The predicted molar refractivity (Wildman–Crippen MR) is 82.6 cm³/mol. The molecule has 4 heteroatoms. The van der Waals surface area contributed by atoms with Gasteiger partial charge in [0.25, 0.3) is 0 Å². The molecule has 1 fully saturated rings. The van der Waals surface area contributed by atoms with E-state index in [9.17, 15) is 0 Å². The van der Waals surface area contributed by atoms with E-state index < -0.39 is 0 Å². The van der Waals surface area contributed by atoms with Crippen molar-refractivity contribution < 1.29 is 9.47 Å². The van der Waals surface area contributed by atoms with Crippen LogP contribution < -0.4 is 14.8 Å². The summed E-state index contributed by atoms with van der Waals surface area (Å²) in [7, 11) is 0. The molecule has 1 aromatic rings. The van der Waals surface area contributed by atoms with E-state index >= 15 is 0 Å². The van der Waals surface area contributed by atoms with Crippen molar-refractivity contribution in [3.63, 3.8) is 0 Å². The fraction of sp³-hybridized carbons (Fsp3) is 0.500. The zero-order valence-corrected chi connectivity index (χ0v) is 12.7.